The fourth-order valence-electron chi connectivity index (χ4n) is 4.55. The van der Waals surface area contributed by atoms with Crippen molar-refractivity contribution in [3.05, 3.63) is 35.7 Å². The van der Waals surface area contributed by atoms with Crippen LogP contribution in [0.3, 0.4) is 0 Å². The van der Waals surface area contributed by atoms with Gasteiger partial charge in [0.25, 0.3) is 0 Å². The number of methoxy groups -OCH3 is 1. The molecule has 1 aliphatic rings. The maximum atomic E-state index is 14.3. The van der Waals surface area contributed by atoms with Gasteiger partial charge in [-0.05, 0) is 46.6 Å². The Morgan fingerprint density at radius 2 is 2.14 bits per heavy atom. The number of fused-ring (bicyclic) bond motifs is 3. The molecule has 3 N–H and O–H groups in total. The van der Waals surface area contributed by atoms with Gasteiger partial charge in [-0.3, -0.25) is 5.01 Å². The molecule has 0 radical (unpaired) electrons. The number of rotatable bonds is 7. The molecule has 11 heteroatoms. The summed E-state index contributed by atoms with van der Waals surface area (Å²) in [4.78, 5) is 11.5. The molecule has 1 aromatic carbocycles. The molecular formula is C24H33FN8O2. The zero-order chi connectivity index (χ0) is 25.5. The van der Waals surface area contributed by atoms with Gasteiger partial charge in [-0.25, -0.2) is 14.4 Å². The molecule has 3 aromatic rings. The third-order valence-corrected chi connectivity index (χ3v) is 6.74. The van der Waals surface area contributed by atoms with Crippen LogP contribution in [0.5, 0.6) is 5.75 Å². The fraction of sp³-hybridized carbons (Fsp3) is 0.500. The minimum absolute atomic E-state index is 0.0374. The number of hydrogen-bond acceptors (Lipinski definition) is 9. The van der Waals surface area contributed by atoms with Gasteiger partial charge in [0, 0.05) is 43.2 Å². The zero-order valence-electron chi connectivity index (χ0n) is 20.9. The van der Waals surface area contributed by atoms with Crippen molar-refractivity contribution < 1.29 is 14.2 Å². The summed E-state index contributed by atoms with van der Waals surface area (Å²) in [5.74, 6) is 0.677. The number of aromatic nitrogens is 4. The van der Waals surface area contributed by atoms with E-state index in [1.807, 2.05) is 27.0 Å². The molecule has 10 nitrogen and oxygen atoms in total. The smallest absolute Gasteiger partial charge is 0.223 e. The van der Waals surface area contributed by atoms with Crippen molar-refractivity contribution in [1.82, 2.24) is 29.5 Å². The maximum Gasteiger partial charge on any atom is 0.223 e. The minimum Gasteiger partial charge on any atom is -0.494 e. The van der Waals surface area contributed by atoms with Crippen LogP contribution in [0.15, 0.2) is 29.1 Å². The fourth-order valence-corrected chi connectivity index (χ4v) is 4.55. The normalized spacial score (nSPS) is 19.4. The van der Waals surface area contributed by atoms with Crippen LogP contribution in [0.2, 0.25) is 0 Å². The van der Waals surface area contributed by atoms with Crippen molar-refractivity contribution in [2.45, 2.75) is 58.0 Å². The quantitative estimate of drug-likeness (QED) is 0.388. The highest BCUT2D eigenvalue weighted by Crippen LogP contribution is 2.34. The number of piperidine rings is 1. The predicted octanol–water partition coefficient (Wildman–Crippen LogP) is 3.13. The molecule has 0 aliphatic carbocycles. The number of nitrogens with zero attached hydrogens (tertiary/aromatic N) is 7. The van der Waals surface area contributed by atoms with E-state index < -0.39 is 11.4 Å². The van der Waals surface area contributed by atoms with Gasteiger partial charge < -0.3 is 20.5 Å². The van der Waals surface area contributed by atoms with Crippen LogP contribution in [-0.4, -0.2) is 73.2 Å². The molecule has 0 saturated carbocycles. The average molecular weight is 485 g/mol. The number of ether oxygens (including phenoxy) is 1. The number of aliphatic hydroxyl groups is 1. The first-order valence-corrected chi connectivity index (χ1v) is 11.6. The lowest BCUT2D eigenvalue weighted by atomic mass is 9.92. The summed E-state index contributed by atoms with van der Waals surface area (Å²) in [5, 5.41) is 20.7. The van der Waals surface area contributed by atoms with E-state index >= 15 is 0 Å². The van der Waals surface area contributed by atoms with Crippen LogP contribution in [0.25, 0.3) is 16.6 Å². The van der Waals surface area contributed by atoms with E-state index in [9.17, 15) is 9.50 Å². The van der Waals surface area contributed by atoms with E-state index in [1.165, 1.54) is 23.8 Å². The summed E-state index contributed by atoms with van der Waals surface area (Å²) in [7, 11) is 1.46. The van der Waals surface area contributed by atoms with Crippen LogP contribution < -0.4 is 10.5 Å². The number of benzene rings is 1. The van der Waals surface area contributed by atoms with E-state index in [-0.39, 0.29) is 18.5 Å². The molecule has 2 atom stereocenters. The molecule has 1 aliphatic heterocycles. The molecular weight excluding hydrogens is 451 g/mol. The monoisotopic (exact) mass is 484 g/mol. The van der Waals surface area contributed by atoms with Crippen molar-refractivity contribution in [3.63, 3.8) is 0 Å². The summed E-state index contributed by atoms with van der Waals surface area (Å²) in [5.41, 5.74) is 7.50. The number of aliphatic hydroxyl groups excluding tert-OH is 1. The molecule has 2 aromatic heterocycles. The number of allylic oxidation sites excluding steroid dienone is 1. The lowest BCUT2D eigenvalue weighted by Crippen LogP contribution is -2.43. The third-order valence-electron chi connectivity index (χ3n) is 6.74. The van der Waals surface area contributed by atoms with Gasteiger partial charge in [0.15, 0.2) is 11.5 Å². The molecule has 188 valence electrons. The van der Waals surface area contributed by atoms with Crippen molar-refractivity contribution in [3.8, 4) is 5.75 Å². The van der Waals surface area contributed by atoms with Gasteiger partial charge in [-0.15, -0.1) is 5.10 Å². The molecule has 1 fully saturated rings. The zero-order valence-corrected chi connectivity index (χ0v) is 20.9. The number of likely N-dealkylation sites (tertiary alicyclic amines) is 1. The van der Waals surface area contributed by atoms with Crippen LogP contribution in [0, 0.1) is 5.82 Å². The van der Waals surface area contributed by atoms with Gasteiger partial charge in [-0.2, -0.15) is 9.62 Å². The van der Waals surface area contributed by atoms with Gasteiger partial charge in [0.1, 0.15) is 17.1 Å². The Bertz CT molecular complexity index is 1290. The summed E-state index contributed by atoms with van der Waals surface area (Å²) in [6, 6.07) is 2.95. The predicted molar refractivity (Wildman–Crippen MR) is 134 cm³/mol. The highest BCUT2D eigenvalue weighted by atomic mass is 19.1. The van der Waals surface area contributed by atoms with E-state index in [2.05, 4.69) is 33.7 Å². The van der Waals surface area contributed by atoms with E-state index in [0.29, 0.717) is 40.7 Å². The average Bonchev–Trinajstić information content (AvgIpc) is 3.29. The van der Waals surface area contributed by atoms with Crippen LogP contribution in [0.4, 0.5) is 10.3 Å². The Morgan fingerprint density at radius 1 is 1.40 bits per heavy atom. The second-order valence-corrected chi connectivity index (χ2v) is 9.68. The third kappa shape index (κ3) is 4.47. The molecule has 0 spiro atoms. The van der Waals surface area contributed by atoms with Crippen molar-refractivity contribution in [1.29, 1.82) is 0 Å². The van der Waals surface area contributed by atoms with E-state index in [0.717, 1.165) is 18.5 Å². The maximum absolute atomic E-state index is 14.3. The number of hydrazone groups is 1. The second-order valence-electron chi connectivity index (χ2n) is 9.68. The highest BCUT2D eigenvalue weighted by Gasteiger charge is 2.31. The Labute approximate surface area is 203 Å². The summed E-state index contributed by atoms with van der Waals surface area (Å²) in [6.45, 7) is 12.3. The first-order valence-electron chi connectivity index (χ1n) is 11.6. The first-order chi connectivity index (χ1) is 16.6. The van der Waals surface area contributed by atoms with Crippen molar-refractivity contribution in [2.75, 3.05) is 26.0 Å². The van der Waals surface area contributed by atoms with Crippen molar-refractivity contribution >= 4 is 29.2 Å². The standard InChI is InChI=1S/C24H33FN8O2/c1-14-7-8-16(12-31(14)15(2)11-32(27-5)24(3,4)13-34)21-29-22-18-9-17(25)10-19(35-6)20(18)28-23(26)33(22)30-21/h9-11,14,16,34H,5,7-8,12-13H2,1-4,6H3,(H2,26,28)/b15-11+. The van der Waals surface area contributed by atoms with Crippen LogP contribution in [0.1, 0.15) is 52.3 Å². The molecule has 0 bridgehead atoms. The molecule has 4 rings (SSSR count). The van der Waals surface area contributed by atoms with Gasteiger partial charge in [0.2, 0.25) is 5.95 Å². The molecule has 3 heterocycles. The largest absolute Gasteiger partial charge is 0.494 e. The Balaban J connectivity index is 1.70. The second kappa shape index (κ2) is 9.29. The number of nitrogens with two attached hydrogens (primary N) is 1. The van der Waals surface area contributed by atoms with E-state index in [1.54, 1.807) is 5.01 Å². The lowest BCUT2D eigenvalue weighted by Gasteiger charge is -2.40. The summed E-state index contributed by atoms with van der Waals surface area (Å²) >= 11 is 0. The van der Waals surface area contributed by atoms with Gasteiger partial charge in [0.05, 0.1) is 24.6 Å². The lowest BCUT2D eigenvalue weighted by molar-refractivity contribution is 0.0943. The van der Waals surface area contributed by atoms with Crippen molar-refractivity contribution in [2.24, 2.45) is 5.10 Å². The summed E-state index contributed by atoms with van der Waals surface area (Å²) < 4.78 is 21.0. The summed E-state index contributed by atoms with van der Waals surface area (Å²) in [6.07, 6.45) is 3.74. The Morgan fingerprint density at radius 3 is 2.80 bits per heavy atom. The van der Waals surface area contributed by atoms with Crippen LogP contribution >= 0.6 is 0 Å². The SMILES string of the molecule is C=NN(/C=C(\C)N1CC(c2nc3c4cc(F)cc(OC)c4nc(N)n3n2)CCC1C)C(C)(C)CO. The molecule has 1 saturated heterocycles. The number of nitrogen functional groups attached to an aromatic ring is 1. The Kier molecular flexibility index (Phi) is 6.54. The number of hydrogen-bond donors (Lipinski definition) is 2. The number of anilines is 1. The number of halogens is 1. The van der Waals surface area contributed by atoms with Gasteiger partial charge in [-0.1, -0.05) is 0 Å². The Hall–Kier alpha value is -3.47. The molecule has 0 amide bonds. The highest BCUT2D eigenvalue weighted by molar-refractivity contribution is 5.95. The molecule has 2 unspecified atom stereocenters. The van der Waals surface area contributed by atoms with Gasteiger partial charge >= 0.3 is 0 Å². The van der Waals surface area contributed by atoms with Crippen LogP contribution in [-0.2, 0) is 0 Å². The van der Waals surface area contributed by atoms with E-state index in [4.69, 9.17) is 15.5 Å². The first kappa shape index (κ1) is 24.6. The minimum atomic E-state index is -0.577. The molecule has 35 heavy (non-hydrogen) atoms. The topological polar surface area (TPSA) is 117 Å².